The van der Waals surface area contributed by atoms with Crippen LogP contribution in [0.1, 0.15) is 25.8 Å². The Morgan fingerprint density at radius 3 is 2.74 bits per heavy atom. The Balaban J connectivity index is 1.60. The van der Waals surface area contributed by atoms with Crippen LogP contribution in [0.5, 0.6) is 0 Å². The molecule has 0 bridgehead atoms. The Hall–Kier alpha value is -2.94. The van der Waals surface area contributed by atoms with Crippen molar-refractivity contribution in [2.75, 3.05) is 18.0 Å². The summed E-state index contributed by atoms with van der Waals surface area (Å²) in [7, 11) is 0. The molecule has 1 N–H and O–H groups in total. The van der Waals surface area contributed by atoms with Crippen LogP contribution in [-0.2, 0) is 15.1 Å². The van der Waals surface area contributed by atoms with Gasteiger partial charge in [0, 0.05) is 22.3 Å². The zero-order valence-corrected chi connectivity index (χ0v) is 17.8. The lowest BCUT2D eigenvalue weighted by Gasteiger charge is -2.25. The summed E-state index contributed by atoms with van der Waals surface area (Å²) in [5, 5.41) is 2.72. The van der Waals surface area contributed by atoms with Crippen LogP contribution in [0.3, 0.4) is 0 Å². The number of nitrogens with zero attached hydrogens (tertiary/aromatic N) is 2. The number of rotatable bonds is 3. The highest BCUT2D eigenvalue weighted by molar-refractivity contribution is 8.00. The Bertz CT molecular complexity index is 1080. The first kappa shape index (κ1) is 21.3. The minimum atomic E-state index is -1.80. The Kier molecular flexibility index (Phi) is 5.47. The maximum atomic E-state index is 14.3. The predicted molar refractivity (Wildman–Crippen MR) is 113 cm³/mol. The Morgan fingerprint density at radius 1 is 1.23 bits per heavy atom. The number of imide groups is 1. The van der Waals surface area contributed by atoms with E-state index in [9.17, 15) is 23.2 Å². The van der Waals surface area contributed by atoms with Crippen molar-refractivity contribution >= 4 is 35.3 Å². The van der Waals surface area contributed by atoms with Crippen LogP contribution in [0.2, 0.25) is 0 Å². The van der Waals surface area contributed by atoms with E-state index in [0.717, 1.165) is 40.1 Å². The van der Waals surface area contributed by atoms with E-state index >= 15 is 0 Å². The Labute approximate surface area is 182 Å². The average Bonchev–Trinajstić information content (AvgIpc) is 2.86. The van der Waals surface area contributed by atoms with Crippen molar-refractivity contribution in [1.82, 2.24) is 10.2 Å². The van der Waals surface area contributed by atoms with E-state index in [-0.39, 0.29) is 5.56 Å². The number of thioether (sulfide) groups is 1. The fourth-order valence-corrected chi connectivity index (χ4v) is 4.98. The van der Waals surface area contributed by atoms with Gasteiger partial charge in [-0.2, -0.15) is 0 Å². The van der Waals surface area contributed by atoms with Crippen molar-refractivity contribution in [2.24, 2.45) is 0 Å². The molecule has 0 saturated carbocycles. The zero-order chi connectivity index (χ0) is 22.3. The molecule has 0 aromatic heterocycles. The summed E-state index contributed by atoms with van der Waals surface area (Å²) in [6.45, 7) is 3.33. The van der Waals surface area contributed by atoms with Gasteiger partial charge in [-0.1, -0.05) is 19.1 Å². The number of hydrogen-bond donors (Lipinski definition) is 1. The fourth-order valence-electron chi connectivity index (χ4n) is 3.87. The zero-order valence-electron chi connectivity index (χ0n) is 17.0. The maximum Gasteiger partial charge on any atom is 0.325 e. The van der Waals surface area contributed by atoms with Crippen molar-refractivity contribution in [3.05, 3.63) is 59.7 Å². The molecule has 6 nitrogen and oxygen atoms in total. The SMILES string of the molecule is C[C@H]1CCN(C(=O)CN2C(=O)N[C@@](C)(c3cc(F)ccc3F)C2=O)c2ccccc2S1. The molecule has 0 radical (unpaired) electrons. The summed E-state index contributed by atoms with van der Waals surface area (Å²) in [4.78, 5) is 42.0. The minimum absolute atomic E-state index is 0.286. The van der Waals surface area contributed by atoms with Gasteiger partial charge in [-0.15, -0.1) is 11.8 Å². The lowest BCUT2D eigenvalue weighted by Crippen LogP contribution is -2.45. The van der Waals surface area contributed by atoms with E-state index in [2.05, 4.69) is 12.2 Å². The number of hydrogen-bond acceptors (Lipinski definition) is 4. The highest BCUT2D eigenvalue weighted by Gasteiger charge is 2.51. The molecule has 31 heavy (non-hydrogen) atoms. The van der Waals surface area contributed by atoms with Gasteiger partial charge in [-0.25, -0.2) is 13.6 Å². The van der Waals surface area contributed by atoms with Crippen LogP contribution >= 0.6 is 11.8 Å². The minimum Gasteiger partial charge on any atom is -0.319 e. The molecule has 9 heteroatoms. The first-order chi connectivity index (χ1) is 14.7. The van der Waals surface area contributed by atoms with Crippen molar-refractivity contribution in [1.29, 1.82) is 0 Å². The lowest BCUT2D eigenvalue weighted by atomic mass is 9.91. The van der Waals surface area contributed by atoms with Crippen molar-refractivity contribution in [3.63, 3.8) is 0 Å². The number of carbonyl (C=O) groups is 3. The molecule has 2 aliphatic rings. The molecular weight excluding hydrogens is 424 g/mol. The van der Waals surface area contributed by atoms with Crippen molar-refractivity contribution < 1.29 is 23.2 Å². The number of fused-ring (bicyclic) bond motifs is 1. The molecule has 0 aliphatic carbocycles. The third-order valence-electron chi connectivity index (χ3n) is 5.58. The summed E-state index contributed by atoms with van der Waals surface area (Å²) in [5.74, 6) is -2.78. The molecule has 2 heterocycles. The molecule has 2 aromatic carbocycles. The second-order valence-corrected chi connectivity index (χ2v) is 9.28. The third kappa shape index (κ3) is 3.78. The first-order valence-corrected chi connectivity index (χ1v) is 10.7. The van der Waals surface area contributed by atoms with Gasteiger partial charge in [0.25, 0.3) is 5.91 Å². The van der Waals surface area contributed by atoms with Crippen LogP contribution in [0.4, 0.5) is 19.3 Å². The summed E-state index contributed by atoms with van der Waals surface area (Å²) in [6, 6.07) is 9.36. The van der Waals surface area contributed by atoms with Gasteiger partial charge < -0.3 is 10.2 Å². The summed E-state index contributed by atoms with van der Waals surface area (Å²) >= 11 is 1.67. The normalized spacial score (nSPS) is 23.4. The van der Waals surface area contributed by atoms with Crippen LogP contribution < -0.4 is 10.2 Å². The summed E-state index contributed by atoms with van der Waals surface area (Å²) in [6.07, 6.45) is 0.747. The predicted octanol–water partition coefficient (Wildman–Crippen LogP) is 3.65. The number of anilines is 1. The quantitative estimate of drug-likeness (QED) is 0.733. The van der Waals surface area contributed by atoms with Crippen molar-refractivity contribution in [3.8, 4) is 0 Å². The van der Waals surface area contributed by atoms with Gasteiger partial charge >= 0.3 is 6.03 Å². The molecule has 162 valence electrons. The fraction of sp³-hybridized carbons (Fsp3) is 0.318. The van der Waals surface area contributed by atoms with Crippen LogP contribution in [0.15, 0.2) is 47.4 Å². The second kappa shape index (κ2) is 7.96. The number of carbonyl (C=O) groups excluding carboxylic acids is 3. The van der Waals surface area contributed by atoms with E-state index in [1.807, 2.05) is 24.3 Å². The average molecular weight is 445 g/mol. The standard InChI is InChI=1S/C22H21F2N3O3S/c1-13-9-10-26(17-5-3-4-6-18(17)31-13)19(28)12-27-20(29)22(2,25-21(27)30)15-11-14(23)7-8-16(15)24/h3-8,11,13H,9-10,12H2,1-2H3,(H,25,30)/t13-,22-/m0/s1. The van der Waals surface area contributed by atoms with Gasteiger partial charge in [0.2, 0.25) is 5.91 Å². The highest BCUT2D eigenvalue weighted by Crippen LogP contribution is 2.37. The van der Waals surface area contributed by atoms with Crippen molar-refractivity contribution in [2.45, 2.75) is 36.0 Å². The van der Waals surface area contributed by atoms with E-state index in [1.54, 1.807) is 16.7 Å². The van der Waals surface area contributed by atoms with E-state index in [1.165, 1.54) is 6.92 Å². The highest BCUT2D eigenvalue weighted by atomic mass is 32.2. The molecular formula is C22H21F2N3O3S. The number of halogens is 2. The number of amides is 4. The van der Waals surface area contributed by atoms with Crippen LogP contribution in [0.25, 0.3) is 0 Å². The van der Waals surface area contributed by atoms with E-state index in [0.29, 0.717) is 11.8 Å². The van der Waals surface area contributed by atoms with Gasteiger partial charge in [-0.05, 0) is 43.7 Å². The monoisotopic (exact) mass is 445 g/mol. The molecule has 0 unspecified atom stereocenters. The maximum absolute atomic E-state index is 14.3. The van der Waals surface area contributed by atoms with Gasteiger partial charge in [0.05, 0.1) is 5.69 Å². The second-order valence-electron chi connectivity index (χ2n) is 7.80. The molecule has 1 saturated heterocycles. The van der Waals surface area contributed by atoms with Crippen LogP contribution in [-0.4, -0.2) is 41.1 Å². The first-order valence-electron chi connectivity index (χ1n) is 9.86. The van der Waals surface area contributed by atoms with Gasteiger partial charge in [-0.3, -0.25) is 14.5 Å². The lowest BCUT2D eigenvalue weighted by molar-refractivity contribution is -0.134. The number of urea groups is 1. The van der Waals surface area contributed by atoms with Gasteiger partial charge in [0.15, 0.2) is 0 Å². The van der Waals surface area contributed by atoms with Gasteiger partial charge in [0.1, 0.15) is 23.7 Å². The number of nitrogens with one attached hydrogen (secondary N) is 1. The van der Waals surface area contributed by atoms with E-state index in [4.69, 9.17) is 0 Å². The molecule has 4 rings (SSSR count). The smallest absolute Gasteiger partial charge is 0.319 e. The molecule has 2 atom stereocenters. The molecule has 2 aliphatic heterocycles. The van der Waals surface area contributed by atoms with Crippen LogP contribution in [0, 0.1) is 11.6 Å². The topological polar surface area (TPSA) is 69.7 Å². The molecule has 4 amide bonds. The summed E-state index contributed by atoms with van der Waals surface area (Å²) < 4.78 is 28.0. The Morgan fingerprint density at radius 2 is 1.97 bits per heavy atom. The molecule has 2 aromatic rings. The van der Waals surface area contributed by atoms with E-state index < -0.39 is 41.6 Å². The molecule has 0 spiro atoms. The largest absolute Gasteiger partial charge is 0.325 e. The molecule has 1 fully saturated rings. The number of para-hydroxylation sites is 1. The third-order valence-corrected chi connectivity index (χ3v) is 6.82. The number of benzene rings is 2. The summed E-state index contributed by atoms with van der Waals surface area (Å²) in [5.41, 5.74) is -1.36.